The number of rotatable bonds is 3. The van der Waals surface area contributed by atoms with Crippen LogP contribution < -0.4 is 11.5 Å². The minimum atomic E-state index is -3.19. The van der Waals surface area contributed by atoms with Crippen LogP contribution in [-0.2, 0) is 9.84 Å². The Morgan fingerprint density at radius 1 is 1.35 bits per heavy atom. The molecule has 17 heavy (non-hydrogen) atoms. The maximum atomic E-state index is 11.7. The number of halogens is 1. The molecule has 1 saturated carbocycles. The molecule has 1 aliphatic carbocycles. The van der Waals surface area contributed by atoms with Crippen molar-refractivity contribution in [2.75, 3.05) is 12.8 Å². The van der Waals surface area contributed by atoms with E-state index in [1.807, 2.05) is 0 Å². The Morgan fingerprint density at radius 3 is 2.24 bits per heavy atom. The molecule has 0 aliphatic heterocycles. The predicted molar refractivity (Wildman–Crippen MR) is 68.8 cm³/mol. The average Bonchev–Trinajstić information content (AvgIpc) is 2.87. The van der Waals surface area contributed by atoms with Gasteiger partial charge in [0.05, 0.1) is 10.8 Å². The maximum absolute atomic E-state index is 11.7. The SMILES string of the molecule is CS(=O)(=O)[C@@H]1[C@H](c2ccc(Cl)cc2)[C@]1(N)CN. The van der Waals surface area contributed by atoms with Crippen molar-refractivity contribution >= 4 is 21.4 Å². The Labute approximate surface area is 106 Å². The average molecular weight is 275 g/mol. The number of nitrogens with two attached hydrogens (primary N) is 2. The zero-order valence-electron chi connectivity index (χ0n) is 9.43. The van der Waals surface area contributed by atoms with Gasteiger partial charge in [0, 0.05) is 23.7 Å². The van der Waals surface area contributed by atoms with Crippen LogP contribution in [0.4, 0.5) is 0 Å². The summed E-state index contributed by atoms with van der Waals surface area (Å²) >= 11 is 5.79. The molecule has 3 atom stereocenters. The van der Waals surface area contributed by atoms with E-state index in [1.54, 1.807) is 24.3 Å². The van der Waals surface area contributed by atoms with Gasteiger partial charge in [0.15, 0.2) is 9.84 Å². The molecule has 1 aromatic rings. The van der Waals surface area contributed by atoms with Crippen molar-refractivity contribution in [2.45, 2.75) is 16.7 Å². The van der Waals surface area contributed by atoms with Crippen molar-refractivity contribution in [1.29, 1.82) is 0 Å². The van der Waals surface area contributed by atoms with Crippen molar-refractivity contribution < 1.29 is 8.42 Å². The monoisotopic (exact) mass is 274 g/mol. The fourth-order valence-corrected chi connectivity index (χ4v) is 4.46. The van der Waals surface area contributed by atoms with Gasteiger partial charge in [-0.05, 0) is 17.7 Å². The van der Waals surface area contributed by atoms with Gasteiger partial charge in [-0.2, -0.15) is 0 Å². The molecule has 94 valence electrons. The smallest absolute Gasteiger partial charge is 0.152 e. The highest BCUT2D eigenvalue weighted by molar-refractivity contribution is 7.91. The topological polar surface area (TPSA) is 86.2 Å². The summed E-state index contributed by atoms with van der Waals surface area (Å²) in [5, 5.41) is 0.0156. The summed E-state index contributed by atoms with van der Waals surface area (Å²) in [6.07, 6.45) is 1.20. The van der Waals surface area contributed by atoms with Crippen LogP contribution in [0.3, 0.4) is 0 Å². The third-order valence-electron chi connectivity index (χ3n) is 3.35. The van der Waals surface area contributed by atoms with Crippen LogP contribution >= 0.6 is 11.6 Å². The molecule has 0 aromatic heterocycles. The second-order valence-electron chi connectivity index (χ2n) is 4.60. The van der Waals surface area contributed by atoms with Gasteiger partial charge in [0.2, 0.25) is 0 Å². The van der Waals surface area contributed by atoms with E-state index in [0.717, 1.165) is 5.56 Å². The van der Waals surface area contributed by atoms with E-state index in [-0.39, 0.29) is 12.5 Å². The van der Waals surface area contributed by atoms with Gasteiger partial charge in [0.25, 0.3) is 0 Å². The molecular weight excluding hydrogens is 260 g/mol. The van der Waals surface area contributed by atoms with Gasteiger partial charge in [-0.3, -0.25) is 0 Å². The Kier molecular flexibility index (Phi) is 2.98. The van der Waals surface area contributed by atoms with Gasteiger partial charge in [0.1, 0.15) is 0 Å². The van der Waals surface area contributed by atoms with Crippen molar-refractivity contribution in [2.24, 2.45) is 11.5 Å². The van der Waals surface area contributed by atoms with Gasteiger partial charge >= 0.3 is 0 Å². The molecule has 0 spiro atoms. The van der Waals surface area contributed by atoms with Crippen molar-refractivity contribution in [1.82, 2.24) is 0 Å². The highest BCUT2D eigenvalue weighted by atomic mass is 35.5. The number of sulfone groups is 1. The van der Waals surface area contributed by atoms with Gasteiger partial charge in [-0.15, -0.1) is 0 Å². The minimum Gasteiger partial charge on any atom is -0.329 e. The first-order valence-corrected chi connectivity index (χ1v) is 7.57. The molecule has 0 unspecified atom stereocenters. The molecule has 1 aromatic carbocycles. The van der Waals surface area contributed by atoms with Crippen LogP contribution in [0.5, 0.6) is 0 Å². The molecule has 0 amide bonds. The molecule has 4 nitrogen and oxygen atoms in total. The lowest BCUT2D eigenvalue weighted by Gasteiger charge is -2.07. The molecule has 6 heteroatoms. The lowest BCUT2D eigenvalue weighted by molar-refractivity contribution is 0.591. The molecule has 1 aliphatic rings. The van der Waals surface area contributed by atoms with Crippen molar-refractivity contribution in [3.63, 3.8) is 0 Å². The summed E-state index contributed by atoms with van der Waals surface area (Å²) in [6, 6.07) is 7.06. The number of benzene rings is 1. The van der Waals surface area contributed by atoms with Crippen LogP contribution in [0.25, 0.3) is 0 Å². The molecule has 0 radical (unpaired) electrons. The first kappa shape index (κ1) is 12.8. The Balaban J connectivity index is 2.37. The van der Waals surface area contributed by atoms with E-state index in [9.17, 15) is 8.42 Å². The molecule has 2 rings (SSSR count). The van der Waals surface area contributed by atoms with E-state index in [1.165, 1.54) is 6.26 Å². The number of hydrogen-bond donors (Lipinski definition) is 2. The summed E-state index contributed by atoms with van der Waals surface area (Å²) in [5.74, 6) is -0.236. The summed E-state index contributed by atoms with van der Waals surface area (Å²) in [5.41, 5.74) is 11.7. The second kappa shape index (κ2) is 3.95. The van der Waals surface area contributed by atoms with Crippen LogP contribution in [0, 0.1) is 0 Å². The molecule has 4 N–H and O–H groups in total. The van der Waals surface area contributed by atoms with Gasteiger partial charge in [-0.25, -0.2) is 8.42 Å². The van der Waals surface area contributed by atoms with Crippen LogP contribution in [0.15, 0.2) is 24.3 Å². The maximum Gasteiger partial charge on any atom is 0.152 e. The fourth-order valence-electron chi connectivity index (χ4n) is 2.47. The van der Waals surface area contributed by atoms with E-state index >= 15 is 0 Å². The highest BCUT2D eigenvalue weighted by Gasteiger charge is 2.67. The Morgan fingerprint density at radius 2 is 1.88 bits per heavy atom. The first-order chi connectivity index (χ1) is 7.80. The quantitative estimate of drug-likeness (QED) is 0.841. The largest absolute Gasteiger partial charge is 0.329 e. The summed E-state index contributed by atoms with van der Waals surface area (Å²) in [7, 11) is -3.19. The standard InChI is InChI=1S/C11H15ClN2O2S/c1-17(15,16)10-9(11(10,14)6-13)7-2-4-8(12)5-3-7/h2-5,9-10H,6,13-14H2,1H3/t9-,10+,11+/m0/s1. The first-order valence-electron chi connectivity index (χ1n) is 5.24. The van der Waals surface area contributed by atoms with Crippen LogP contribution in [0.2, 0.25) is 5.02 Å². The fraction of sp³-hybridized carbons (Fsp3) is 0.455. The third kappa shape index (κ3) is 2.08. The summed E-state index contributed by atoms with van der Waals surface area (Å²) in [4.78, 5) is 0. The van der Waals surface area contributed by atoms with Crippen molar-refractivity contribution in [3.8, 4) is 0 Å². The molecule has 0 saturated heterocycles. The zero-order chi connectivity index (χ0) is 12.8. The van der Waals surface area contributed by atoms with Gasteiger partial charge in [-0.1, -0.05) is 23.7 Å². The molecular formula is C11H15ClN2O2S. The van der Waals surface area contributed by atoms with Crippen molar-refractivity contribution in [3.05, 3.63) is 34.9 Å². The minimum absolute atomic E-state index is 0.151. The predicted octanol–water partition coefficient (Wildman–Crippen LogP) is 0.507. The van der Waals surface area contributed by atoms with Crippen LogP contribution in [0.1, 0.15) is 11.5 Å². The van der Waals surface area contributed by atoms with Gasteiger partial charge < -0.3 is 11.5 Å². The Bertz CT molecular complexity index is 529. The number of hydrogen-bond acceptors (Lipinski definition) is 4. The van der Waals surface area contributed by atoms with E-state index < -0.39 is 20.6 Å². The normalized spacial score (nSPS) is 32.5. The third-order valence-corrected chi connectivity index (χ3v) is 5.23. The van der Waals surface area contributed by atoms with E-state index in [2.05, 4.69) is 0 Å². The van der Waals surface area contributed by atoms with E-state index in [0.29, 0.717) is 5.02 Å². The van der Waals surface area contributed by atoms with E-state index in [4.69, 9.17) is 23.1 Å². The summed E-state index contributed by atoms with van der Waals surface area (Å²) < 4.78 is 23.3. The lowest BCUT2D eigenvalue weighted by atomic mass is 10.1. The highest BCUT2D eigenvalue weighted by Crippen LogP contribution is 2.53. The lowest BCUT2D eigenvalue weighted by Crippen LogP contribution is -2.38. The zero-order valence-corrected chi connectivity index (χ0v) is 11.0. The molecule has 1 fully saturated rings. The second-order valence-corrected chi connectivity index (χ2v) is 7.20. The molecule has 0 bridgehead atoms. The molecule has 0 heterocycles. The summed E-state index contributed by atoms with van der Waals surface area (Å²) in [6.45, 7) is 0.151. The Hall–Kier alpha value is -0.620. The van der Waals surface area contributed by atoms with Crippen LogP contribution in [-0.4, -0.2) is 32.0 Å².